The minimum atomic E-state index is -0.486. The van der Waals surface area contributed by atoms with Gasteiger partial charge in [0.15, 0.2) is 0 Å². The van der Waals surface area contributed by atoms with Crippen LogP contribution in [0.1, 0.15) is 17.4 Å². The number of amides is 1. The number of nitrogens with zero attached hydrogens (tertiary/aromatic N) is 1. The van der Waals surface area contributed by atoms with Crippen LogP contribution in [-0.4, -0.2) is 16.8 Å². The Kier molecular flexibility index (Phi) is 2.64. The molecule has 0 saturated carbocycles. The highest BCUT2D eigenvalue weighted by atomic mass is 16.3. The van der Waals surface area contributed by atoms with Gasteiger partial charge in [0, 0.05) is 6.54 Å². The van der Waals surface area contributed by atoms with Crippen LogP contribution in [0.5, 0.6) is 0 Å². The molecule has 1 saturated heterocycles. The van der Waals surface area contributed by atoms with Gasteiger partial charge in [-0.2, -0.15) is 0 Å². The summed E-state index contributed by atoms with van der Waals surface area (Å²) in [6.07, 6.45) is 1.60. The smallest absolute Gasteiger partial charge is 0.243 e. The van der Waals surface area contributed by atoms with Crippen molar-refractivity contribution in [2.45, 2.75) is 18.6 Å². The Morgan fingerprint density at radius 1 is 1.17 bits per heavy atom. The Hall–Kier alpha value is -2.07. The molecule has 18 heavy (non-hydrogen) atoms. The van der Waals surface area contributed by atoms with Gasteiger partial charge in [0.1, 0.15) is 17.8 Å². The molecule has 4 heteroatoms. The maximum atomic E-state index is 11.8. The maximum absolute atomic E-state index is 11.8. The highest BCUT2D eigenvalue weighted by Crippen LogP contribution is 2.35. The molecule has 1 aliphatic rings. The SMILES string of the molecule is N[C@H]1C(=O)N(Cc2ccccc2)[C@@H]1c1ccco1. The van der Waals surface area contributed by atoms with Gasteiger partial charge in [-0.3, -0.25) is 4.79 Å². The summed E-state index contributed by atoms with van der Waals surface area (Å²) >= 11 is 0. The first-order valence-electron chi connectivity index (χ1n) is 5.91. The van der Waals surface area contributed by atoms with Crippen LogP contribution < -0.4 is 5.73 Å². The van der Waals surface area contributed by atoms with Gasteiger partial charge >= 0.3 is 0 Å². The number of carbonyl (C=O) groups is 1. The minimum Gasteiger partial charge on any atom is -0.467 e. The van der Waals surface area contributed by atoms with Crippen LogP contribution in [0.2, 0.25) is 0 Å². The molecule has 4 nitrogen and oxygen atoms in total. The van der Waals surface area contributed by atoms with E-state index in [4.69, 9.17) is 10.2 Å². The first-order chi connectivity index (χ1) is 8.77. The van der Waals surface area contributed by atoms with Crippen LogP contribution in [0.4, 0.5) is 0 Å². The summed E-state index contributed by atoms with van der Waals surface area (Å²) in [6.45, 7) is 0.568. The molecule has 1 aromatic heterocycles. The number of carbonyl (C=O) groups excluding carboxylic acids is 1. The monoisotopic (exact) mass is 242 g/mol. The highest BCUT2D eigenvalue weighted by Gasteiger charge is 2.47. The number of hydrogen-bond acceptors (Lipinski definition) is 3. The zero-order valence-electron chi connectivity index (χ0n) is 9.82. The van der Waals surface area contributed by atoms with Gasteiger partial charge in [0.2, 0.25) is 5.91 Å². The third kappa shape index (κ3) is 1.71. The Balaban J connectivity index is 1.81. The molecular weight excluding hydrogens is 228 g/mol. The lowest BCUT2D eigenvalue weighted by Gasteiger charge is -2.44. The molecule has 0 bridgehead atoms. The zero-order chi connectivity index (χ0) is 12.5. The van der Waals surface area contributed by atoms with Gasteiger partial charge in [-0.05, 0) is 17.7 Å². The van der Waals surface area contributed by atoms with E-state index in [1.54, 1.807) is 11.2 Å². The molecule has 0 radical (unpaired) electrons. The second-order valence-corrected chi connectivity index (χ2v) is 4.44. The first-order valence-corrected chi connectivity index (χ1v) is 5.91. The summed E-state index contributed by atoms with van der Waals surface area (Å²) in [7, 11) is 0. The van der Waals surface area contributed by atoms with Crippen LogP contribution in [-0.2, 0) is 11.3 Å². The number of rotatable bonds is 3. The summed E-state index contributed by atoms with van der Waals surface area (Å²) in [5.74, 6) is 0.721. The van der Waals surface area contributed by atoms with E-state index in [1.807, 2.05) is 42.5 Å². The normalized spacial score (nSPS) is 22.9. The Morgan fingerprint density at radius 3 is 2.61 bits per heavy atom. The topological polar surface area (TPSA) is 59.5 Å². The lowest BCUT2D eigenvalue weighted by molar-refractivity contribution is -0.151. The van der Waals surface area contributed by atoms with Crippen molar-refractivity contribution in [2.24, 2.45) is 5.73 Å². The third-order valence-electron chi connectivity index (χ3n) is 3.27. The number of nitrogens with two attached hydrogens (primary N) is 1. The predicted molar refractivity (Wildman–Crippen MR) is 66.4 cm³/mol. The fraction of sp³-hybridized carbons (Fsp3) is 0.214. The van der Waals surface area contributed by atoms with Crippen LogP contribution in [0.3, 0.4) is 0 Å². The van der Waals surface area contributed by atoms with Gasteiger partial charge in [-0.1, -0.05) is 30.3 Å². The molecule has 2 heterocycles. The van der Waals surface area contributed by atoms with Gasteiger partial charge in [-0.25, -0.2) is 0 Å². The van der Waals surface area contributed by atoms with Crippen molar-refractivity contribution in [1.29, 1.82) is 0 Å². The lowest BCUT2D eigenvalue weighted by atomic mass is 9.93. The molecular formula is C14H14N2O2. The molecule has 2 N–H and O–H groups in total. The van der Waals surface area contributed by atoms with Crippen molar-refractivity contribution in [2.75, 3.05) is 0 Å². The number of hydrogen-bond donors (Lipinski definition) is 1. The van der Waals surface area contributed by atoms with E-state index >= 15 is 0 Å². The van der Waals surface area contributed by atoms with E-state index in [9.17, 15) is 4.79 Å². The molecule has 1 aromatic carbocycles. The molecule has 0 unspecified atom stereocenters. The van der Waals surface area contributed by atoms with Crippen molar-refractivity contribution < 1.29 is 9.21 Å². The minimum absolute atomic E-state index is 0.0275. The molecule has 2 aromatic rings. The first kappa shape index (κ1) is 11.0. The van der Waals surface area contributed by atoms with Crippen molar-refractivity contribution in [1.82, 2.24) is 4.90 Å². The van der Waals surface area contributed by atoms with Crippen molar-refractivity contribution >= 4 is 5.91 Å². The Labute approximate surface area is 105 Å². The summed E-state index contributed by atoms with van der Waals surface area (Å²) in [5, 5.41) is 0. The quantitative estimate of drug-likeness (QED) is 0.833. The van der Waals surface area contributed by atoms with Gasteiger partial charge in [0.25, 0.3) is 0 Å². The van der Waals surface area contributed by atoms with Gasteiger partial charge < -0.3 is 15.1 Å². The van der Waals surface area contributed by atoms with E-state index in [-0.39, 0.29) is 11.9 Å². The number of benzene rings is 1. The van der Waals surface area contributed by atoms with E-state index in [0.717, 1.165) is 11.3 Å². The van der Waals surface area contributed by atoms with Crippen LogP contribution in [0.15, 0.2) is 53.1 Å². The van der Waals surface area contributed by atoms with Crippen molar-refractivity contribution in [3.63, 3.8) is 0 Å². The molecule has 1 aliphatic heterocycles. The maximum Gasteiger partial charge on any atom is 0.243 e. The fourth-order valence-electron chi connectivity index (χ4n) is 2.32. The molecule has 1 amide bonds. The largest absolute Gasteiger partial charge is 0.467 e. The van der Waals surface area contributed by atoms with E-state index in [1.165, 1.54) is 0 Å². The average molecular weight is 242 g/mol. The Morgan fingerprint density at radius 2 is 1.94 bits per heavy atom. The summed E-state index contributed by atoms with van der Waals surface area (Å²) < 4.78 is 5.35. The van der Waals surface area contributed by atoms with Crippen molar-refractivity contribution in [3.8, 4) is 0 Å². The fourth-order valence-corrected chi connectivity index (χ4v) is 2.32. The van der Waals surface area contributed by atoms with E-state index in [2.05, 4.69) is 0 Å². The number of furan rings is 1. The lowest BCUT2D eigenvalue weighted by Crippen LogP contribution is -2.62. The van der Waals surface area contributed by atoms with Crippen LogP contribution in [0, 0.1) is 0 Å². The molecule has 3 rings (SSSR count). The second-order valence-electron chi connectivity index (χ2n) is 4.44. The summed E-state index contributed by atoms with van der Waals surface area (Å²) in [5.41, 5.74) is 6.94. The molecule has 0 spiro atoms. The molecule has 2 atom stereocenters. The summed E-state index contributed by atoms with van der Waals surface area (Å²) in [4.78, 5) is 13.6. The number of likely N-dealkylation sites (tertiary alicyclic amines) is 1. The van der Waals surface area contributed by atoms with Gasteiger partial charge in [0.05, 0.1) is 6.26 Å². The van der Waals surface area contributed by atoms with Crippen LogP contribution in [0.25, 0.3) is 0 Å². The number of β-lactam (4-membered cyclic amide) rings is 1. The van der Waals surface area contributed by atoms with Crippen molar-refractivity contribution in [3.05, 3.63) is 60.1 Å². The zero-order valence-corrected chi connectivity index (χ0v) is 9.82. The standard InChI is InChI=1S/C14H14N2O2/c15-12-13(11-7-4-8-18-11)16(14(12)17)9-10-5-2-1-3-6-10/h1-8,12-13H,9,15H2/t12-,13-/m1/s1. The summed E-state index contributed by atoms with van der Waals surface area (Å²) in [6, 6.07) is 12.9. The Bertz CT molecular complexity index is 536. The molecule has 1 fully saturated rings. The van der Waals surface area contributed by atoms with E-state index in [0.29, 0.717) is 6.54 Å². The second kappa shape index (κ2) is 4.31. The third-order valence-corrected chi connectivity index (χ3v) is 3.27. The molecule has 0 aliphatic carbocycles. The highest BCUT2D eigenvalue weighted by molar-refractivity contribution is 5.89. The average Bonchev–Trinajstić information content (AvgIpc) is 2.92. The molecule has 92 valence electrons. The van der Waals surface area contributed by atoms with Gasteiger partial charge in [-0.15, -0.1) is 0 Å². The van der Waals surface area contributed by atoms with E-state index < -0.39 is 6.04 Å². The predicted octanol–water partition coefficient (Wildman–Crippen LogP) is 1.69. The van der Waals surface area contributed by atoms with Crippen LogP contribution >= 0.6 is 0 Å².